The molecule has 1 aromatic carbocycles. The molecular weight excluding hydrogens is 398 g/mol. The van der Waals surface area contributed by atoms with Crippen LogP contribution in [0.1, 0.15) is 69.8 Å². The van der Waals surface area contributed by atoms with Crippen molar-refractivity contribution in [2.45, 2.75) is 63.9 Å². The third-order valence-corrected chi connectivity index (χ3v) is 7.16. The lowest BCUT2D eigenvalue weighted by Crippen LogP contribution is -2.33. The quantitative estimate of drug-likeness (QED) is 0.642. The summed E-state index contributed by atoms with van der Waals surface area (Å²) in [6.07, 6.45) is 2.25. The largest absolute Gasteiger partial charge is 0.463 e. The molecule has 1 N–H and O–H groups in total. The molecule has 30 heavy (non-hydrogen) atoms. The first-order chi connectivity index (χ1) is 14.4. The van der Waals surface area contributed by atoms with Gasteiger partial charge in [-0.1, -0.05) is 31.2 Å². The van der Waals surface area contributed by atoms with Gasteiger partial charge in [0.15, 0.2) is 0 Å². The molecule has 162 valence electrons. The summed E-state index contributed by atoms with van der Waals surface area (Å²) in [6, 6.07) is 8.17. The summed E-state index contributed by atoms with van der Waals surface area (Å²) in [5, 5.41) is 4.15. The fourth-order valence-electron chi connectivity index (χ4n) is 4.36. The maximum atomic E-state index is 13.0. The first-order valence-corrected chi connectivity index (χ1v) is 11.6. The highest BCUT2D eigenvalue weighted by atomic mass is 32.2. The Morgan fingerprint density at radius 3 is 1.97 bits per heavy atom. The zero-order valence-corrected chi connectivity index (χ0v) is 19.2. The minimum Gasteiger partial charge on any atom is -0.463 e. The topological polar surface area (TPSA) is 64.6 Å². The van der Waals surface area contributed by atoms with Gasteiger partial charge in [-0.3, -0.25) is 0 Å². The van der Waals surface area contributed by atoms with Gasteiger partial charge >= 0.3 is 11.9 Å². The average molecular weight is 430 g/mol. The van der Waals surface area contributed by atoms with Crippen LogP contribution in [0.4, 0.5) is 0 Å². The zero-order chi connectivity index (χ0) is 21.8. The molecule has 0 radical (unpaired) electrons. The molecule has 1 unspecified atom stereocenters. The molecule has 0 aromatic heterocycles. The van der Waals surface area contributed by atoms with Crippen LogP contribution in [0.5, 0.6) is 0 Å². The fourth-order valence-corrected chi connectivity index (χ4v) is 5.83. The highest BCUT2D eigenvalue weighted by Gasteiger charge is 2.40. The van der Waals surface area contributed by atoms with Crippen LogP contribution >= 0.6 is 11.8 Å². The molecule has 6 heteroatoms. The Balaban J connectivity index is 2.18. The van der Waals surface area contributed by atoms with Crippen LogP contribution in [0.2, 0.25) is 0 Å². The number of ether oxygens (including phenoxy) is 2. The Labute approximate surface area is 183 Å². The van der Waals surface area contributed by atoms with Crippen LogP contribution in [-0.2, 0) is 19.1 Å². The van der Waals surface area contributed by atoms with Crippen molar-refractivity contribution in [3.05, 3.63) is 57.9 Å². The van der Waals surface area contributed by atoms with Gasteiger partial charge in [0.2, 0.25) is 0 Å². The number of benzene rings is 1. The maximum absolute atomic E-state index is 13.0. The molecule has 0 saturated carbocycles. The molecule has 5 nitrogen and oxygen atoms in total. The highest BCUT2D eigenvalue weighted by molar-refractivity contribution is 8.00. The number of nitrogens with one attached hydrogen (secondary N) is 1. The Kier molecular flexibility index (Phi) is 7.29. The molecule has 2 atom stereocenters. The standard InChI is InChI=1S/C24H31NO4S/c1-6-28-23(26)20-15(4)25-16(5)21(24(27)29-7-2)22(20)18-11-9-8-10-17(18)19-13-12-14(3)30-19/h8-11,14,19,22,25H,6-7,12-13H2,1-5H3/t14?,19-/m0/s1. The smallest absolute Gasteiger partial charge is 0.336 e. The molecule has 0 aliphatic carbocycles. The second kappa shape index (κ2) is 9.73. The van der Waals surface area contributed by atoms with E-state index in [9.17, 15) is 9.59 Å². The number of rotatable bonds is 6. The van der Waals surface area contributed by atoms with E-state index in [0.717, 1.165) is 18.4 Å². The summed E-state index contributed by atoms with van der Waals surface area (Å²) < 4.78 is 10.8. The Morgan fingerprint density at radius 2 is 1.50 bits per heavy atom. The number of hydrogen-bond donors (Lipinski definition) is 1. The first-order valence-electron chi connectivity index (χ1n) is 10.7. The van der Waals surface area contributed by atoms with Crippen LogP contribution in [0, 0.1) is 0 Å². The van der Waals surface area contributed by atoms with Gasteiger partial charge in [-0.2, -0.15) is 11.8 Å². The third kappa shape index (κ3) is 4.43. The normalized spacial score (nSPS) is 22.2. The Bertz CT molecular complexity index is 849. The molecule has 3 rings (SSSR count). The van der Waals surface area contributed by atoms with Crippen molar-refractivity contribution in [3.8, 4) is 0 Å². The van der Waals surface area contributed by atoms with Gasteiger partial charge in [-0.25, -0.2) is 9.59 Å². The average Bonchev–Trinajstić information content (AvgIpc) is 3.13. The lowest BCUT2D eigenvalue weighted by Gasteiger charge is -2.32. The van der Waals surface area contributed by atoms with E-state index in [1.807, 2.05) is 43.8 Å². The number of esters is 2. The third-order valence-electron chi connectivity index (χ3n) is 5.64. The van der Waals surface area contributed by atoms with E-state index in [2.05, 4.69) is 18.3 Å². The molecular formula is C24H31NO4S. The summed E-state index contributed by atoms with van der Waals surface area (Å²) in [5.74, 6) is -1.31. The summed E-state index contributed by atoms with van der Waals surface area (Å²) in [4.78, 5) is 26.0. The minimum atomic E-state index is -0.517. The van der Waals surface area contributed by atoms with Crippen LogP contribution in [0.25, 0.3) is 0 Å². The van der Waals surface area contributed by atoms with Crippen molar-refractivity contribution in [2.24, 2.45) is 0 Å². The minimum absolute atomic E-state index is 0.275. The van der Waals surface area contributed by atoms with Gasteiger partial charge < -0.3 is 14.8 Å². The molecule has 1 saturated heterocycles. The molecule has 2 heterocycles. The number of carbonyl (C=O) groups excluding carboxylic acids is 2. The van der Waals surface area contributed by atoms with E-state index in [1.165, 1.54) is 5.56 Å². The first kappa shape index (κ1) is 22.5. The van der Waals surface area contributed by atoms with Gasteiger partial charge in [-0.15, -0.1) is 0 Å². The predicted molar refractivity (Wildman–Crippen MR) is 120 cm³/mol. The van der Waals surface area contributed by atoms with E-state index in [4.69, 9.17) is 9.47 Å². The number of allylic oxidation sites excluding steroid dienone is 2. The van der Waals surface area contributed by atoms with Gasteiger partial charge in [0, 0.05) is 21.9 Å². The van der Waals surface area contributed by atoms with Crippen LogP contribution in [0.3, 0.4) is 0 Å². The summed E-state index contributed by atoms with van der Waals surface area (Å²) in [7, 11) is 0. The number of hydrogen-bond acceptors (Lipinski definition) is 6. The van der Waals surface area contributed by atoms with Crippen LogP contribution in [0.15, 0.2) is 46.8 Å². The summed E-state index contributed by atoms with van der Waals surface area (Å²) in [5.41, 5.74) is 4.55. The Morgan fingerprint density at radius 1 is 0.967 bits per heavy atom. The van der Waals surface area contributed by atoms with Crippen molar-refractivity contribution in [1.29, 1.82) is 0 Å². The zero-order valence-electron chi connectivity index (χ0n) is 18.4. The van der Waals surface area contributed by atoms with Crippen molar-refractivity contribution in [3.63, 3.8) is 0 Å². The lowest BCUT2D eigenvalue weighted by molar-refractivity contribution is -0.139. The predicted octanol–water partition coefficient (Wildman–Crippen LogP) is 5.00. The summed E-state index contributed by atoms with van der Waals surface area (Å²) in [6.45, 7) is 10.1. The SMILES string of the molecule is CCOC(=O)C1=C(C)NC(C)=C(C(=O)OCC)C1c1ccccc1[C@@H]1CCC(C)S1. The number of thioether (sulfide) groups is 1. The second-order valence-electron chi connectivity index (χ2n) is 7.72. The van der Waals surface area contributed by atoms with Crippen molar-refractivity contribution < 1.29 is 19.1 Å². The van der Waals surface area contributed by atoms with Gasteiger partial charge in [0.1, 0.15) is 0 Å². The summed E-state index contributed by atoms with van der Waals surface area (Å²) >= 11 is 1.96. The number of dihydropyridines is 1. The molecule has 0 amide bonds. The Hall–Kier alpha value is -2.21. The molecule has 2 aliphatic rings. The van der Waals surface area contributed by atoms with E-state index in [0.29, 0.717) is 33.0 Å². The van der Waals surface area contributed by atoms with Crippen molar-refractivity contribution in [2.75, 3.05) is 13.2 Å². The van der Waals surface area contributed by atoms with Gasteiger partial charge in [-0.05, 0) is 51.7 Å². The van der Waals surface area contributed by atoms with Crippen molar-refractivity contribution >= 4 is 23.7 Å². The maximum Gasteiger partial charge on any atom is 0.336 e. The molecule has 0 bridgehead atoms. The fraction of sp³-hybridized carbons (Fsp3) is 0.500. The van der Waals surface area contributed by atoms with E-state index < -0.39 is 17.9 Å². The molecule has 0 spiro atoms. The second-order valence-corrected chi connectivity index (χ2v) is 9.36. The lowest BCUT2D eigenvalue weighted by atomic mass is 9.78. The molecule has 1 fully saturated rings. The van der Waals surface area contributed by atoms with Crippen LogP contribution < -0.4 is 5.32 Å². The van der Waals surface area contributed by atoms with Crippen molar-refractivity contribution in [1.82, 2.24) is 5.32 Å². The van der Waals surface area contributed by atoms with E-state index >= 15 is 0 Å². The van der Waals surface area contributed by atoms with Gasteiger partial charge in [0.05, 0.1) is 30.3 Å². The number of carbonyl (C=O) groups is 2. The van der Waals surface area contributed by atoms with E-state index in [-0.39, 0.29) is 13.2 Å². The van der Waals surface area contributed by atoms with Gasteiger partial charge in [0.25, 0.3) is 0 Å². The molecule has 1 aromatic rings. The molecule has 2 aliphatic heterocycles. The van der Waals surface area contributed by atoms with E-state index in [1.54, 1.807) is 13.8 Å². The van der Waals surface area contributed by atoms with Crippen LogP contribution in [-0.4, -0.2) is 30.4 Å². The highest BCUT2D eigenvalue weighted by Crippen LogP contribution is 2.49. The monoisotopic (exact) mass is 429 g/mol.